The molecule has 1 amide bonds. The summed E-state index contributed by atoms with van der Waals surface area (Å²) in [6, 6.07) is 8.94. The minimum atomic E-state index is -0.227. The Kier molecular flexibility index (Phi) is 3.44. The van der Waals surface area contributed by atoms with Gasteiger partial charge < -0.3 is 0 Å². The van der Waals surface area contributed by atoms with Gasteiger partial charge in [0, 0.05) is 12.0 Å². The second kappa shape index (κ2) is 5.20. The van der Waals surface area contributed by atoms with Gasteiger partial charge in [0.25, 0.3) is 5.91 Å². The highest BCUT2D eigenvalue weighted by molar-refractivity contribution is 5.99. The summed E-state index contributed by atoms with van der Waals surface area (Å²) in [6.07, 6.45) is 1.64. The van der Waals surface area contributed by atoms with Gasteiger partial charge >= 0.3 is 0 Å². The van der Waals surface area contributed by atoms with Crippen LogP contribution in [0.1, 0.15) is 29.5 Å². The van der Waals surface area contributed by atoms with Gasteiger partial charge in [-0.2, -0.15) is 0 Å². The lowest BCUT2D eigenvalue weighted by Crippen LogP contribution is -2.26. The largest absolute Gasteiger partial charge is 0.271 e. The number of benzene rings is 1. The van der Waals surface area contributed by atoms with Gasteiger partial charge in [-0.05, 0) is 29.0 Å². The Morgan fingerprint density at radius 1 is 1.35 bits per heavy atom. The van der Waals surface area contributed by atoms with Gasteiger partial charge in [0.15, 0.2) is 5.82 Å². The summed E-state index contributed by atoms with van der Waals surface area (Å²) in [6.45, 7) is 2.03. The number of nitrogens with zero attached hydrogens (tertiary/aromatic N) is 4. The fourth-order valence-electron chi connectivity index (χ4n) is 1.42. The SMILES string of the molecule is CCCc1nnnn1NC(=O)c1ccccc1. The lowest BCUT2D eigenvalue weighted by atomic mass is 10.2. The molecular formula is C11H13N5O. The number of carbonyl (C=O) groups is 1. The Balaban J connectivity index is 2.11. The lowest BCUT2D eigenvalue weighted by molar-refractivity contribution is 0.100. The predicted molar refractivity (Wildman–Crippen MR) is 61.9 cm³/mol. The molecular weight excluding hydrogens is 218 g/mol. The molecule has 0 saturated carbocycles. The molecule has 0 aliphatic rings. The van der Waals surface area contributed by atoms with Crippen LogP contribution in [0.4, 0.5) is 0 Å². The third kappa shape index (κ3) is 2.66. The second-order valence-electron chi connectivity index (χ2n) is 3.56. The Hall–Kier alpha value is -2.24. The number of hydrogen-bond donors (Lipinski definition) is 1. The fourth-order valence-corrected chi connectivity index (χ4v) is 1.42. The Morgan fingerprint density at radius 3 is 2.82 bits per heavy atom. The van der Waals surface area contributed by atoms with Crippen molar-refractivity contribution in [1.82, 2.24) is 20.3 Å². The minimum Gasteiger partial charge on any atom is -0.267 e. The molecule has 88 valence electrons. The molecule has 0 fully saturated rings. The third-order valence-electron chi connectivity index (χ3n) is 2.25. The van der Waals surface area contributed by atoms with E-state index in [0.717, 1.165) is 12.8 Å². The minimum absolute atomic E-state index is 0.227. The first-order valence-corrected chi connectivity index (χ1v) is 5.45. The number of nitrogens with one attached hydrogen (secondary N) is 1. The van der Waals surface area contributed by atoms with Crippen LogP contribution in [0.15, 0.2) is 30.3 Å². The molecule has 0 unspecified atom stereocenters. The van der Waals surface area contributed by atoms with Crippen LogP contribution in [0.25, 0.3) is 0 Å². The average Bonchev–Trinajstić information content (AvgIpc) is 2.78. The summed E-state index contributed by atoms with van der Waals surface area (Å²) in [4.78, 5) is 13.2. The predicted octanol–water partition coefficient (Wildman–Crippen LogP) is 1.01. The maximum atomic E-state index is 11.8. The molecule has 6 heteroatoms. The third-order valence-corrected chi connectivity index (χ3v) is 2.25. The van der Waals surface area contributed by atoms with Crippen molar-refractivity contribution < 1.29 is 4.79 Å². The molecule has 2 aromatic rings. The quantitative estimate of drug-likeness (QED) is 0.852. The molecule has 0 spiro atoms. The number of aromatic nitrogens is 4. The summed E-state index contributed by atoms with van der Waals surface area (Å²) in [5.41, 5.74) is 3.21. The zero-order valence-corrected chi connectivity index (χ0v) is 9.50. The molecule has 1 aromatic carbocycles. The van der Waals surface area contributed by atoms with Crippen molar-refractivity contribution >= 4 is 5.91 Å². The van der Waals surface area contributed by atoms with Gasteiger partial charge in [0.05, 0.1) is 0 Å². The summed E-state index contributed by atoms with van der Waals surface area (Å²) >= 11 is 0. The van der Waals surface area contributed by atoms with Gasteiger partial charge in [0.2, 0.25) is 0 Å². The Bertz CT molecular complexity index is 494. The molecule has 1 heterocycles. The number of tetrazole rings is 1. The Morgan fingerprint density at radius 2 is 2.12 bits per heavy atom. The van der Waals surface area contributed by atoms with E-state index in [4.69, 9.17) is 0 Å². The van der Waals surface area contributed by atoms with Crippen molar-refractivity contribution in [2.75, 3.05) is 5.43 Å². The number of rotatable bonds is 4. The zero-order valence-electron chi connectivity index (χ0n) is 9.50. The monoisotopic (exact) mass is 231 g/mol. The summed E-state index contributed by atoms with van der Waals surface area (Å²) in [5.74, 6) is 0.423. The van der Waals surface area contributed by atoms with E-state index in [9.17, 15) is 4.79 Å². The van der Waals surface area contributed by atoms with Crippen molar-refractivity contribution in [3.05, 3.63) is 41.7 Å². The first-order valence-electron chi connectivity index (χ1n) is 5.45. The normalized spacial score (nSPS) is 10.2. The molecule has 0 radical (unpaired) electrons. The highest BCUT2D eigenvalue weighted by Gasteiger charge is 2.09. The molecule has 0 aliphatic heterocycles. The van der Waals surface area contributed by atoms with Crippen LogP contribution >= 0.6 is 0 Å². The van der Waals surface area contributed by atoms with Crippen LogP contribution in [0.3, 0.4) is 0 Å². The van der Waals surface area contributed by atoms with E-state index in [1.807, 2.05) is 25.1 Å². The van der Waals surface area contributed by atoms with Crippen molar-refractivity contribution in [1.29, 1.82) is 0 Å². The molecule has 6 nitrogen and oxygen atoms in total. The molecule has 0 bridgehead atoms. The lowest BCUT2D eigenvalue weighted by Gasteiger charge is -2.05. The summed E-state index contributed by atoms with van der Waals surface area (Å²) < 4.78 is 0. The van der Waals surface area contributed by atoms with Gasteiger partial charge in [0.1, 0.15) is 0 Å². The van der Waals surface area contributed by atoms with Crippen LogP contribution in [0.5, 0.6) is 0 Å². The van der Waals surface area contributed by atoms with E-state index in [1.54, 1.807) is 12.1 Å². The smallest absolute Gasteiger partial charge is 0.267 e. The van der Waals surface area contributed by atoms with Gasteiger partial charge in [-0.3, -0.25) is 4.79 Å². The van der Waals surface area contributed by atoms with E-state index in [-0.39, 0.29) is 5.91 Å². The molecule has 0 saturated heterocycles. The van der Waals surface area contributed by atoms with E-state index >= 15 is 0 Å². The highest BCUT2D eigenvalue weighted by atomic mass is 16.2. The van der Waals surface area contributed by atoms with E-state index in [1.165, 1.54) is 4.79 Å². The molecule has 1 N–H and O–H groups in total. The highest BCUT2D eigenvalue weighted by Crippen LogP contribution is 2.00. The molecule has 0 aliphatic carbocycles. The number of carbonyl (C=O) groups excluding carboxylic acids is 1. The second-order valence-corrected chi connectivity index (χ2v) is 3.56. The maximum absolute atomic E-state index is 11.8. The number of amides is 1. The molecule has 17 heavy (non-hydrogen) atoms. The van der Waals surface area contributed by atoms with Crippen molar-refractivity contribution in [2.45, 2.75) is 19.8 Å². The number of hydrogen-bond acceptors (Lipinski definition) is 4. The molecule has 0 atom stereocenters. The van der Waals surface area contributed by atoms with Crippen LogP contribution in [-0.4, -0.2) is 26.2 Å². The van der Waals surface area contributed by atoms with Gasteiger partial charge in [-0.1, -0.05) is 25.1 Å². The topological polar surface area (TPSA) is 72.7 Å². The fraction of sp³-hybridized carbons (Fsp3) is 0.273. The standard InChI is InChI=1S/C11H13N5O/c1-2-6-10-12-14-15-16(10)13-11(17)9-7-4-3-5-8-9/h3-5,7-8H,2,6H2,1H3,(H,13,17). The maximum Gasteiger partial charge on any atom is 0.271 e. The Labute approximate surface area is 98.6 Å². The van der Waals surface area contributed by atoms with Crippen LogP contribution in [0, 0.1) is 0 Å². The summed E-state index contributed by atoms with van der Waals surface area (Å²) in [5, 5.41) is 11.1. The first kappa shape index (κ1) is 11.3. The van der Waals surface area contributed by atoms with Crippen molar-refractivity contribution in [3.63, 3.8) is 0 Å². The van der Waals surface area contributed by atoms with E-state index in [2.05, 4.69) is 21.0 Å². The van der Waals surface area contributed by atoms with Crippen LogP contribution in [-0.2, 0) is 6.42 Å². The van der Waals surface area contributed by atoms with Crippen LogP contribution < -0.4 is 5.43 Å². The van der Waals surface area contributed by atoms with Crippen LogP contribution in [0.2, 0.25) is 0 Å². The summed E-state index contributed by atoms with van der Waals surface area (Å²) in [7, 11) is 0. The number of aryl methyl sites for hydroxylation is 1. The average molecular weight is 231 g/mol. The van der Waals surface area contributed by atoms with Crippen molar-refractivity contribution in [2.24, 2.45) is 0 Å². The van der Waals surface area contributed by atoms with E-state index in [0.29, 0.717) is 11.4 Å². The molecule has 2 rings (SSSR count). The zero-order chi connectivity index (χ0) is 12.1. The molecule has 1 aromatic heterocycles. The van der Waals surface area contributed by atoms with Gasteiger partial charge in [-0.25, -0.2) is 5.43 Å². The van der Waals surface area contributed by atoms with Gasteiger partial charge in [-0.15, -0.1) is 9.89 Å². The first-order chi connectivity index (χ1) is 8.31. The van der Waals surface area contributed by atoms with Crippen molar-refractivity contribution in [3.8, 4) is 0 Å². The van der Waals surface area contributed by atoms with E-state index < -0.39 is 0 Å².